The van der Waals surface area contributed by atoms with E-state index in [2.05, 4.69) is 6.92 Å². The molecule has 3 nitrogen and oxygen atoms in total. The van der Waals surface area contributed by atoms with Crippen LogP contribution in [0.5, 0.6) is 0 Å². The van der Waals surface area contributed by atoms with E-state index >= 15 is 0 Å². The van der Waals surface area contributed by atoms with Crippen LogP contribution in [-0.4, -0.2) is 25.8 Å². The number of rotatable bonds is 5. The number of hydrogen-bond acceptors (Lipinski definition) is 3. The van der Waals surface area contributed by atoms with Gasteiger partial charge in [0.15, 0.2) is 0 Å². The quantitative estimate of drug-likeness (QED) is 0.521. The molecule has 0 aliphatic heterocycles. The van der Waals surface area contributed by atoms with Crippen molar-refractivity contribution in [2.45, 2.75) is 51.6 Å². The smallest absolute Gasteiger partial charge is 0.308 e. The van der Waals surface area contributed by atoms with Crippen LogP contribution in [-0.2, 0) is 14.3 Å². The third kappa shape index (κ3) is 4.20. The fraction of sp³-hybridized carbons (Fsp3) is 0.917. The molecule has 3 heteroatoms. The first-order valence-corrected chi connectivity index (χ1v) is 5.97. The van der Waals surface area contributed by atoms with E-state index in [0.717, 1.165) is 38.7 Å². The van der Waals surface area contributed by atoms with Gasteiger partial charge in [0.1, 0.15) is 0 Å². The molecule has 15 heavy (non-hydrogen) atoms. The summed E-state index contributed by atoms with van der Waals surface area (Å²) in [5.41, 5.74) is 0. The molecule has 0 aromatic carbocycles. The van der Waals surface area contributed by atoms with Crippen LogP contribution in [0.4, 0.5) is 0 Å². The molecule has 0 unspecified atom stereocenters. The zero-order valence-corrected chi connectivity index (χ0v) is 9.83. The van der Waals surface area contributed by atoms with Crippen molar-refractivity contribution in [3.8, 4) is 0 Å². The Morgan fingerprint density at radius 3 is 2.47 bits per heavy atom. The lowest BCUT2D eigenvalue weighted by atomic mass is 9.87. The van der Waals surface area contributed by atoms with Crippen LogP contribution in [0, 0.1) is 5.92 Å². The summed E-state index contributed by atoms with van der Waals surface area (Å²) in [4.78, 5) is 11.3. The number of carbonyl (C=O) groups is 1. The van der Waals surface area contributed by atoms with E-state index in [0.29, 0.717) is 6.10 Å². The normalized spacial score (nSPS) is 26.3. The minimum atomic E-state index is -0.0537. The predicted molar refractivity (Wildman–Crippen MR) is 58.6 cm³/mol. The third-order valence-corrected chi connectivity index (χ3v) is 3.06. The molecule has 0 spiro atoms. The van der Waals surface area contributed by atoms with Gasteiger partial charge in [0.05, 0.1) is 19.1 Å². The average Bonchev–Trinajstić information content (AvgIpc) is 2.29. The maximum atomic E-state index is 11.3. The number of hydrogen-bond donors (Lipinski definition) is 0. The molecule has 88 valence electrons. The van der Waals surface area contributed by atoms with Gasteiger partial charge in [-0.15, -0.1) is 0 Å². The van der Waals surface area contributed by atoms with E-state index in [-0.39, 0.29) is 11.9 Å². The van der Waals surface area contributed by atoms with Crippen LogP contribution in [0.15, 0.2) is 0 Å². The monoisotopic (exact) mass is 214 g/mol. The first kappa shape index (κ1) is 12.5. The Kier molecular flexibility index (Phi) is 5.69. The molecule has 1 saturated carbocycles. The van der Waals surface area contributed by atoms with Gasteiger partial charge < -0.3 is 9.47 Å². The van der Waals surface area contributed by atoms with Crippen LogP contribution in [0.2, 0.25) is 0 Å². The van der Waals surface area contributed by atoms with Crippen molar-refractivity contribution in [3.63, 3.8) is 0 Å². The van der Waals surface area contributed by atoms with Gasteiger partial charge in [0.25, 0.3) is 0 Å². The summed E-state index contributed by atoms with van der Waals surface area (Å²) in [6, 6.07) is 0. The molecule has 0 aromatic heterocycles. The second-order valence-corrected chi connectivity index (χ2v) is 4.22. The summed E-state index contributed by atoms with van der Waals surface area (Å²) in [5, 5.41) is 0. The van der Waals surface area contributed by atoms with E-state index < -0.39 is 0 Å². The number of unbranched alkanes of at least 4 members (excludes halogenated alkanes) is 1. The van der Waals surface area contributed by atoms with Gasteiger partial charge in [-0.05, 0) is 32.1 Å². The molecule has 0 amide bonds. The fourth-order valence-electron chi connectivity index (χ4n) is 2.03. The highest BCUT2D eigenvalue weighted by molar-refractivity contribution is 5.72. The molecule has 0 heterocycles. The van der Waals surface area contributed by atoms with Gasteiger partial charge in [-0.1, -0.05) is 13.3 Å². The second-order valence-electron chi connectivity index (χ2n) is 4.22. The Morgan fingerprint density at radius 1 is 1.27 bits per heavy atom. The SMILES string of the molecule is CCCCOC1CCC(C(=O)OC)CC1. The van der Waals surface area contributed by atoms with Crippen LogP contribution in [0.3, 0.4) is 0 Å². The van der Waals surface area contributed by atoms with E-state index in [9.17, 15) is 4.79 Å². The van der Waals surface area contributed by atoms with Crippen molar-refractivity contribution in [1.29, 1.82) is 0 Å². The van der Waals surface area contributed by atoms with Crippen LogP contribution < -0.4 is 0 Å². The average molecular weight is 214 g/mol. The second kappa shape index (κ2) is 6.83. The van der Waals surface area contributed by atoms with E-state index in [1.165, 1.54) is 13.5 Å². The summed E-state index contributed by atoms with van der Waals surface area (Å²) in [6.07, 6.45) is 6.53. The molecule has 0 aromatic rings. The van der Waals surface area contributed by atoms with Crippen molar-refractivity contribution < 1.29 is 14.3 Å². The van der Waals surface area contributed by atoms with Gasteiger partial charge in [0.2, 0.25) is 0 Å². The predicted octanol–water partition coefficient (Wildman–Crippen LogP) is 2.53. The van der Waals surface area contributed by atoms with Crippen molar-refractivity contribution in [3.05, 3.63) is 0 Å². The third-order valence-electron chi connectivity index (χ3n) is 3.06. The van der Waals surface area contributed by atoms with Gasteiger partial charge in [-0.25, -0.2) is 0 Å². The molecule has 0 radical (unpaired) electrons. The summed E-state index contributed by atoms with van der Waals surface area (Å²) >= 11 is 0. The van der Waals surface area contributed by atoms with Crippen LogP contribution in [0.25, 0.3) is 0 Å². The summed E-state index contributed by atoms with van der Waals surface area (Å²) in [6.45, 7) is 3.03. The zero-order chi connectivity index (χ0) is 11.1. The largest absolute Gasteiger partial charge is 0.469 e. The van der Waals surface area contributed by atoms with E-state index in [1.807, 2.05) is 0 Å². The van der Waals surface area contributed by atoms with Gasteiger partial charge in [-0.2, -0.15) is 0 Å². The topological polar surface area (TPSA) is 35.5 Å². The van der Waals surface area contributed by atoms with Crippen LogP contribution >= 0.6 is 0 Å². The lowest BCUT2D eigenvalue weighted by Gasteiger charge is -2.26. The molecule has 0 N–H and O–H groups in total. The Balaban J connectivity index is 2.15. The summed E-state index contributed by atoms with van der Waals surface area (Å²) in [5.74, 6) is 0.0584. The van der Waals surface area contributed by atoms with E-state index in [4.69, 9.17) is 9.47 Å². The minimum Gasteiger partial charge on any atom is -0.469 e. The Labute approximate surface area is 92.1 Å². The summed E-state index contributed by atoms with van der Waals surface area (Å²) in [7, 11) is 1.46. The number of methoxy groups -OCH3 is 1. The number of esters is 1. The highest BCUT2D eigenvalue weighted by atomic mass is 16.5. The molecule has 0 saturated heterocycles. The molecule has 0 bridgehead atoms. The zero-order valence-electron chi connectivity index (χ0n) is 9.83. The molecule has 1 aliphatic rings. The molecule has 1 fully saturated rings. The highest BCUT2D eigenvalue weighted by Gasteiger charge is 2.26. The standard InChI is InChI=1S/C12H22O3/c1-3-4-9-15-11-7-5-10(6-8-11)12(13)14-2/h10-11H,3-9H2,1-2H3. The maximum absolute atomic E-state index is 11.3. The summed E-state index contributed by atoms with van der Waals surface area (Å²) < 4.78 is 10.5. The molecular weight excluding hydrogens is 192 g/mol. The Hall–Kier alpha value is -0.570. The molecule has 0 atom stereocenters. The maximum Gasteiger partial charge on any atom is 0.308 e. The van der Waals surface area contributed by atoms with Crippen molar-refractivity contribution >= 4 is 5.97 Å². The molecular formula is C12H22O3. The first-order chi connectivity index (χ1) is 7.27. The van der Waals surface area contributed by atoms with E-state index in [1.54, 1.807) is 0 Å². The van der Waals surface area contributed by atoms with Gasteiger partial charge >= 0.3 is 5.97 Å². The van der Waals surface area contributed by atoms with Crippen molar-refractivity contribution in [2.75, 3.05) is 13.7 Å². The lowest BCUT2D eigenvalue weighted by molar-refractivity contribution is -0.147. The van der Waals surface area contributed by atoms with Gasteiger partial charge in [-0.3, -0.25) is 4.79 Å². The number of carbonyl (C=O) groups excluding carboxylic acids is 1. The van der Waals surface area contributed by atoms with Crippen LogP contribution in [0.1, 0.15) is 45.4 Å². The number of ether oxygens (including phenoxy) is 2. The van der Waals surface area contributed by atoms with Gasteiger partial charge in [0, 0.05) is 6.61 Å². The van der Waals surface area contributed by atoms with Crippen molar-refractivity contribution in [2.24, 2.45) is 5.92 Å². The minimum absolute atomic E-state index is 0.0537. The lowest BCUT2D eigenvalue weighted by Crippen LogP contribution is -2.27. The fourth-order valence-corrected chi connectivity index (χ4v) is 2.03. The van der Waals surface area contributed by atoms with Crippen molar-refractivity contribution in [1.82, 2.24) is 0 Å². The Bertz CT molecular complexity index is 183. The molecule has 1 rings (SSSR count). The first-order valence-electron chi connectivity index (χ1n) is 5.97. The Morgan fingerprint density at radius 2 is 1.93 bits per heavy atom. The molecule has 1 aliphatic carbocycles. The highest BCUT2D eigenvalue weighted by Crippen LogP contribution is 2.27.